The van der Waals surface area contributed by atoms with Crippen LogP contribution in [0.15, 0.2) is 47.0 Å². The van der Waals surface area contributed by atoms with Crippen molar-refractivity contribution in [1.29, 1.82) is 0 Å². The van der Waals surface area contributed by atoms with Gasteiger partial charge >= 0.3 is 0 Å². The van der Waals surface area contributed by atoms with E-state index in [0.29, 0.717) is 24.7 Å². The van der Waals surface area contributed by atoms with E-state index in [1.807, 2.05) is 31.2 Å². The Balaban J connectivity index is 1.60. The van der Waals surface area contributed by atoms with E-state index in [4.69, 9.17) is 4.52 Å². The smallest absolute Gasteiger partial charge is 0.254 e. The first-order valence-corrected chi connectivity index (χ1v) is 8.69. The van der Waals surface area contributed by atoms with Crippen LogP contribution < -0.4 is 0 Å². The molecule has 27 heavy (non-hydrogen) atoms. The number of carbonyl (C=O) groups excluding carboxylic acids is 1. The number of rotatable bonds is 3. The van der Waals surface area contributed by atoms with E-state index in [9.17, 15) is 13.6 Å². The molecule has 1 saturated heterocycles. The lowest BCUT2D eigenvalue weighted by molar-refractivity contribution is 0.0709. The third-order valence-corrected chi connectivity index (χ3v) is 4.66. The molecule has 4 rings (SSSR count). The molecule has 0 saturated carbocycles. The number of hydrogen-bond acceptors (Lipinski definition) is 4. The summed E-state index contributed by atoms with van der Waals surface area (Å²) >= 11 is 0. The zero-order chi connectivity index (χ0) is 19.0. The van der Waals surface area contributed by atoms with Crippen LogP contribution in [-0.4, -0.2) is 27.5 Å². The fourth-order valence-electron chi connectivity index (χ4n) is 3.30. The number of benzene rings is 2. The van der Waals surface area contributed by atoms with Crippen LogP contribution in [0.2, 0.25) is 0 Å². The number of likely N-dealkylation sites (tertiary alicyclic amines) is 1. The van der Waals surface area contributed by atoms with E-state index in [2.05, 4.69) is 10.1 Å². The monoisotopic (exact) mass is 369 g/mol. The van der Waals surface area contributed by atoms with E-state index in [1.165, 1.54) is 4.90 Å². The van der Waals surface area contributed by atoms with Gasteiger partial charge in [-0.05, 0) is 31.9 Å². The Morgan fingerprint density at radius 3 is 2.56 bits per heavy atom. The minimum Gasteiger partial charge on any atom is -0.337 e. The van der Waals surface area contributed by atoms with Crippen LogP contribution in [0.1, 0.15) is 40.7 Å². The maximum atomic E-state index is 13.5. The molecule has 3 aromatic rings. The van der Waals surface area contributed by atoms with Crippen molar-refractivity contribution in [1.82, 2.24) is 15.0 Å². The van der Waals surface area contributed by atoms with E-state index in [1.54, 1.807) is 0 Å². The van der Waals surface area contributed by atoms with Crippen molar-refractivity contribution in [2.24, 2.45) is 0 Å². The summed E-state index contributed by atoms with van der Waals surface area (Å²) in [5.74, 6) is -1.25. The van der Waals surface area contributed by atoms with Gasteiger partial charge in [0.1, 0.15) is 17.7 Å². The number of carbonyl (C=O) groups is 1. The standard InChI is InChI=1S/C20H17F2N3O2/c1-12-4-6-13(7-5-12)18-23-19(27-24-18)17-3-2-8-25(17)20(26)14-9-15(21)11-16(22)10-14/h4-7,9-11,17H,2-3,8H2,1H3. The molecule has 2 aromatic carbocycles. The molecule has 0 spiro atoms. The van der Waals surface area contributed by atoms with Crippen LogP contribution >= 0.6 is 0 Å². The predicted octanol–water partition coefficient (Wildman–Crippen LogP) is 4.30. The Morgan fingerprint density at radius 1 is 1.15 bits per heavy atom. The number of halogens is 2. The summed E-state index contributed by atoms with van der Waals surface area (Å²) in [6, 6.07) is 10.1. The van der Waals surface area contributed by atoms with E-state index in [-0.39, 0.29) is 5.56 Å². The average molecular weight is 369 g/mol. The van der Waals surface area contributed by atoms with Crippen molar-refractivity contribution in [2.75, 3.05) is 6.54 Å². The van der Waals surface area contributed by atoms with Gasteiger partial charge < -0.3 is 9.42 Å². The molecule has 1 aliphatic rings. The quantitative estimate of drug-likeness (QED) is 0.691. The van der Waals surface area contributed by atoms with Crippen LogP contribution in [0.25, 0.3) is 11.4 Å². The molecule has 138 valence electrons. The fraction of sp³-hybridized carbons (Fsp3) is 0.250. The zero-order valence-corrected chi connectivity index (χ0v) is 14.7. The summed E-state index contributed by atoms with van der Waals surface area (Å²) in [6.07, 6.45) is 1.40. The first kappa shape index (κ1) is 17.3. The third kappa shape index (κ3) is 3.45. The normalized spacial score (nSPS) is 16.7. The lowest BCUT2D eigenvalue weighted by Gasteiger charge is -2.22. The van der Waals surface area contributed by atoms with Crippen molar-refractivity contribution >= 4 is 5.91 Å². The molecular weight excluding hydrogens is 352 g/mol. The highest BCUT2D eigenvalue weighted by Crippen LogP contribution is 2.33. The van der Waals surface area contributed by atoms with Crippen LogP contribution in [0.5, 0.6) is 0 Å². The zero-order valence-electron chi connectivity index (χ0n) is 14.7. The van der Waals surface area contributed by atoms with Crippen molar-refractivity contribution in [2.45, 2.75) is 25.8 Å². The number of amides is 1. The Labute approximate surface area is 154 Å². The molecule has 2 heterocycles. The summed E-state index contributed by atoms with van der Waals surface area (Å²) < 4.78 is 32.3. The number of nitrogens with zero attached hydrogens (tertiary/aromatic N) is 3. The molecule has 1 aliphatic heterocycles. The minimum atomic E-state index is -0.784. The predicted molar refractivity (Wildman–Crippen MR) is 93.8 cm³/mol. The highest BCUT2D eigenvalue weighted by Gasteiger charge is 2.35. The average Bonchev–Trinajstić information content (AvgIpc) is 3.30. The van der Waals surface area contributed by atoms with Gasteiger partial charge in [-0.1, -0.05) is 35.0 Å². The number of hydrogen-bond donors (Lipinski definition) is 0. The number of aromatic nitrogens is 2. The van der Waals surface area contributed by atoms with E-state index in [0.717, 1.165) is 35.7 Å². The summed E-state index contributed by atoms with van der Waals surface area (Å²) in [7, 11) is 0. The Bertz CT molecular complexity index is 965. The molecule has 1 amide bonds. The molecule has 0 aliphatic carbocycles. The van der Waals surface area contributed by atoms with Crippen LogP contribution in [-0.2, 0) is 0 Å². The Kier molecular flexibility index (Phi) is 4.43. The molecule has 1 aromatic heterocycles. The molecule has 1 atom stereocenters. The first-order valence-electron chi connectivity index (χ1n) is 8.69. The molecule has 5 nitrogen and oxygen atoms in total. The molecule has 1 unspecified atom stereocenters. The van der Waals surface area contributed by atoms with E-state index >= 15 is 0 Å². The van der Waals surface area contributed by atoms with Crippen LogP contribution in [0.4, 0.5) is 8.78 Å². The highest BCUT2D eigenvalue weighted by molar-refractivity contribution is 5.94. The third-order valence-electron chi connectivity index (χ3n) is 4.66. The van der Waals surface area contributed by atoms with Crippen molar-refractivity contribution < 1.29 is 18.1 Å². The lowest BCUT2D eigenvalue weighted by Crippen LogP contribution is -2.30. The van der Waals surface area contributed by atoms with Gasteiger partial charge in [-0.2, -0.15) is 4.98 Å². The largest absolute Gasteiger partial charge is 0.337 e. The van der Waals surface area contributed by atoms with E-state index < -0.39 is 23.6 Å². The topological polar surface area (TPSA) is 59.2 Å². The second kappa shape index (κ2) is 6.90. The van der Waals surface area contributed by atoms with Crippen molar-refractivity contribution in [3.05, 3.63) is 71.1 Å². The second-order valence-corrected chi connectivity index (χ2v) is 6.64. The maximum Gasteiger partial charge on any atom is 0.254 e. The van der Waals surface area contributed by atoms with Gasteiger partial charge in [0.25, 0.3) is 5.91 Å². The van der Waals surface area contributed by atoms with Gasteiger partial charge in [-0.3, -0.25) is 4.79 Å². The molecule has 7 heteroatoms. The van der Waals surface area contributed by atoms with Crippen molar-refractivity contribution in [3.63, 3.8) is 0 Å². The molecule has 1 fully saturated rings. The van der Waals surface area contributed by atoms with Crippen LogP contribution in [0.3, 0.4) is 0 Å². The summed E-state index contributed by atoms with van der Waals surface area (Å²) in [5.41, 5.74) is 1.91. The van der Waals surface area contributed by atoms with Gasteiger partial charge in [0.2, 0.25) is 11.7 Å². The number of aryl methyl sites for hydroxylation is 1. The lowest BCUT2D eigenvalue weighted by atomic mass is 10.1. The van der Waals surface area contributed by atoms with Crippen molar-refractivity contribution in [3.8, 4) is 11.4 Å². The Hall–Kier alpha value is -3.09. The summed E-state index contributed by atoms with van der Waals surface area (Å²) in [6.45, 7) is 2.45. The van der Waals surface area contributed by atoms with Gasteiger partial charge in [-0.25, -0.2) is 8.78 Å². The minimum absolute atomic E-state index is 0.0299. The van der Waals surface area contributed by atoms with Gasteiger partial charge in [0, 0.05) is 23.7 Å². The van der Waals surface area contributed by atoms with Gasteiger partial charge in [-0.15, -0.1) is 0 Å². The maximum absolute atomic E-state index is 13.5. The van der Waals surface area contributed by atoms with Gasteiger partial charge in [0.15, 0.2) is 0 Å². The fourth-order valence-corrected chi connectivity index (χ4v) is 3.30. The molecular formula is C20H17F2N3O2. The van der Waals surface area contributed by atoms with Gasteiger partial charge in [0.05, 0.1) is 0 Å². The summed E-state index contributed by atoms with van der Waals surface area (Å²) in [4.78, 5) is 18.7. The Morgan fingerprint density at radius 2 is 1.85 bits per heavy atom. The SMILES string of the molecule is Cc1ccc(-c2noc(C3CCCN3C(=O)c3cc(F)cc(F)c3)n2)cc1. The highest BCUT2D eigenvalue weighted by atomic mass is 19.1. The molecule has 0 N–H and O–H groups in total. The van der Waals surface area contributed by atoms with Crippen LogP contribution in [0, 0.1) is 18.6 Å². The molecule has 0 bridgehead atoms. The second-order valence-electron chi connectivity index (χ2n) is 6.64. The molecule has 0 radical (unpaired) electrons. The first-order chi connectivity index (χ1) is 13.0. The summed E-state index contributed by atoms with van der Waals surface area (Å²) in [5, 5.41) is 4.01.